The molecule has 116 valence electrons. The zero-order valence-electron chi connectivity index (χ0n) is 13.3. The topological polar surface area (TPSA) is 86.3 Å². The third kappa shape index (κ3) is 2.19. The molecule has 1 aliphatic heterocycles. The Balaban J connectivity index is 2.11. The molecule has 0 spiro atoms. The van der Waals surface area contributed by atoms with Crippen LogP contribution in [0.15, 0.2) is 12.1 Å². The minimum absolute atomic E-state index is 0.383. The van der Waals surface area contributed by atoms with Crippen molar-refractivity contribution in [2.75, 3.05) is 7.11 Å². The van der Waals surface area contributed by atoms with Crippen LogP contribution < -0.4 is 5.46 Å². The molecule has 1 N–H and O–H groups in total. The number of ether oxygens (including phenoxy) is 1. The van der Waals surface area contributed by atoms with Crippen LogP contribution in [0.2, 0.25) is 0 Å². The molecule has 1 saturated heterocycles. The summed E-state index contributed by atoms with van der Waals surface area (Å²) in [4.78, 5) is 11.8. The smallest absolute Gasteiger partial charge is 0.465 e. The number of hydrogen-bond acceptors (Lipinski definition) is 6. The van der Waals surface area contributed by atoms with Gasteiger partial charge in [0, 0.05) is 5.46 Å². The molecule has 1 aromatic carbocycles. The summed E-state index contributed by atoms with van der Waals surface area (Å²) in [6, 6.07) is 3.30. The van der Waals surface area contributed by atoms with E-state index >= 15 is 0 Å². The van der Waals surface area contributed by atoms with Gasteiger partial charge in [0.05, 0.1) is 23.9 Å². The second kappa shape index (κ2) is 4.79. The van der Waals surface area contributed by atoms with E-state index < -0.39 is 24.3 Å². The lowest BCUT2D eigenvalue weighted by molar-refractivity contribution is 0.00578. The van der Waals surface area contributed by atoms with E-state index in [9.17, 15) is 4.79 Å². The van der Waals surface area contributed by atoms with Crippen LogP contribution in [-0.2, 0) is 14.0 Å². The molecule has 0 bridgehead atoms. The van der Waals surface area contributed by atoms with Crippen molar-refractivity contribution in [3.8, 4) is 0 Å². The van der Waals surface area contributed by atoms with Crippen LogP contribution in [0.4, 0.5) is 0 Å². The largest absolute Gasteiger partial charge is 0.497 e. The maximum atomic E-state index is 11.8. The maximum Gasteiger partial charge on any atom is 0.497 e. The minimum Gasteiger partial charge on any atom is -0.465 e. The highest BCUT2D eigenvalue weighted by molar-refractivity contribution is 6.65. The molecule has 2 aromatic rings. The summed E-state index contributed by atoms with van der Waals surface area (Å²) in [7, 11) is 0.714. The number of esters is 1. The van der Waals surface area contributed by atoms with Gasteiger partial charge in [0.15, 0.2) is 0 Å². The van der Waals surface area contributed by atoms with Crippen molar-refractivity contribution in [1.29, 1.82) is 0 Å². The first-order valence-corrected chi connectivity index (χ1v) is 7.03. The standard InChI is InChI=1S/C14H18BN3O4/c1-13(2)14(3,4)22-15(21-13)9-6-8(12(19)20-5)7-10-11(9)17-18-16-10/h6-7H,1-5H3,(H,16,17,18). The molecule has 0 radical (unpaired) electrons. The molecule has 1 aromatic heterocycles. The number of H-pyrrole nitrogens is 1. The summed E-state index contributed by atoms with van der Waals surface area (Å²) in [5.74, 6) is -0.442. The molecule has 22 heavy (non-hydrogen) atoms. The van der Waals surface area contributed by atoms with Gasteiger partial charge in [0.2, 0.25) is 0 Å². The van der Waals surface area contributed by atoms with Crippen molar-refractivity contribution in [1.82, 2.24) is 15.4 Å². The van der Waals surface area contributed by atoms with Crippen LogP contribution in [-0.4, -0.2) is 46.8 Å². The zero-order valence-corrected chi connectivity index (χ0v) is 13.3. The number of nitrogens with one attached hydrogen (secondary N) is 1. The normalized spacial score (nSPS) is 19.6. The van der Waals surface area contributed by atoms with Crippen LogP contribution in [0, 0.1) is 0 Å². The molecule has 1 aliphatic rings. The average Bonchev–Trinajstić information content (AvgIpc) is 2.99. The third-order valence-corrected chi connectivity index (χ3v) is 4.38. The number of nitrogens with zero attached hydrogens (tertiary/aromatic N) is 2. The summed E-state index contributed by atoms with van der Waals surface area (Å²) in [5, 5.41) is 10.7. The lowest BCUT2D eigenvalue weighted by atomic mass is 9.77. The van der Waals surface area contributed by atoms with E-state index in [0.717, 1.165) is 0 Å². The van der Waals surface area contributed by atoms with E-state index in [2.05, 4.69) is 15.4 Å². The van der Waals surface area contributed by atoms with Gasteiger partial charge in [-0.25, -0.2) is 4.79 Å². The van der Waals surface area contributed by atoms with Crippen LogP contribution in [0.25, 0.3) is 11.0 Å². The van der Waals surface area contributed by atoms with Crippen molar-refractivity contribution in [2.45, 2.75) is 38.9 Å². The van der Waals surface area contributed by atoms with Crippen molar-refractivity contribution in [3.05, 3.63) is 17.7 Å². The molecular formula is C14H18BN3O4. The van der Waals surface area contributed by atoms with Gasteiger partial charge in [0.1, 0.15) is 11.0 Å². The number of rotatable bonds is 2. The van der Waals surface area contributed by atoms with Crippen LogP contribution >= 0.6 is 0 Å². The third-order valence-electron chi connectivity index (χ3n) is 4.38. The first-order chi connectivity index (χ1) is 10.2. The van der Waals surface area contributed by atoms with E-state index in [1.807, 2.05) is 27.7 Å². The Labute approximate surface area is 128 Å². The fourth-order valence-corrected chi connectivity index (χ4v) is 2.36. The number of fused-ring (bicyclic) bond motifs is 1. The molecule has 3 rings (SSSR count). The van der Waals surface area contributed by atoms with Gasteiger partial charge < -0.3 is 14.0 Å². The number of benzene rings is 1. The fourth-order valence-electron chi connectivity index (χ4n) is 2.36. The Bertz CT molecular complexity index is 725. The first-order valence-electron chi connectivity index (χ1n) is 7.03. The number of carbonyl (C=O) groups excluding carboxylic acids is 1. The van der Waals surface area contributed by atoms with Crippen molar-refractivity contribution in [2.24, 2.45) is 0 Å². The zero-order chi connectivity index (χ0) is 16.1. The Morgan fingerprint density at radius 3 is 2.41 bits per heavy atom. The first kappa shape index (κ1) is 15.0. The quantitative estimate of drug-likeness (QED) is 0.659. The Kier molecular flexibility index (Phi) is 3.26. The van der Waals surface area contributed by atoms with E-state index in [0.29, 0.717) is 22.1 Å². The van der Waals surface area contributed by atoms with Gasteiger partial charge >= 0.3 is 13.1 Å². The van der Waals surface area contributed by atoms with Crippen molar-refractivity contribution >= 4 is 29.6 Å². The molecule has 0 unspecified atom stereocenters. The fraction of sp³-hybridized carbons (Fsp3) is 0.500. The van der Waals surface area contributed by atoms with Gasteiger partial charge in [-0.15, -0.1) is 0 Å². The second-order valence-electron chi connectivity index (χ2n) is 6.34. The highest BCUT2D eigenvalue weighted by Crippen LogP contribution is 2.36. The molecule has 0 amide bonds. The van der Waals surface area contributed by atoms with Crippen molar-refractivity contribution in [3.63, 3.8) is 0 Å². The maximum absolute atomic E-state index is 11.8. The highest BCUT2D eigenvalue weighted by Gasteiger charge is 2.52. The summed E-state index contributed by atoms with van der Waals surface area (Å²) in [5.41, 5.74) is 1.27. The monoisotopic (exact) mass is 303 g/mol. The van der Waals surface area contributed by atoms with Gasteiger partial charge in [-0.3, -0.25) is 0 Å². The van der Waals surface area contributed by atoms with Crippen LogP contribution in [0.1, 0.15) is 38.1 Å². The highest BCUT2D eigenvalue weighted by atomic mass is 16.7. The summed E-state index contributed by atoms with van der Waals surface area (Å²) in [6.45, 7) is 7.88. The molecule has 1 fully saturated rings. The molecule has 2 heterocycles. The number of aromatic amines is 1. The molecule has 8 heteroatoms. The Hall–Kier alpha value is -1.93. The average molecular weight is 303 g/mol. The number of aromatic nitrogens is 3. The number of methoxy groups -OCH3 is 1. The number of carbonyl (C=O) groups is 1. The summed E-state index contributed by atoms with van der Waals surface area (Å²) >= 11 is 0. The Morgan fingerprint density at radius 1 is 1.18 bits per heavy atom. The SMILES string of the molecule is COC(=O)c1cc(B2OC(C)(C)C(C)(C)O2)c2n[nH]nc2c1. The van der Waals surface area contributed by atoms with Crippen LogP contribution in [0.5, 0.6) is 0 Å². The van der Waals surface area contributed by atoms with Gasteiger partial charge in [-0.1, -0.05) is 0 Å². The lowest BCUT2D eigenvalue weighted by Gasteiger charge is -2.32. The molecule has 0 atom stereocenters. The van der Waals surface area contributed by atoms with Crippen LogP contribution in [0.3, 0.4) is 0 Å². The van der Waals surface area contributed by atoms with Gasteiger partial charge in [0.25, 0.3) is 0 Å². The van der Waals surface area contributed by atoms with Gasteiger partial charge in [-0.2, -0.15) is 15.4 Å². The second-order valence-corrected chi connectivity index (χ2v) is 6.34. The number of hydrogen-bond donors (Lipinski definition) is 1. The van der Waals surface area contributed by atoms with E-state index in [4.69, 9.17) is 14.0 Å². The summed E-state index contributed by atoms with van der Waals surface area (Å²) in [6.07, 6.45) is 0. The Morgan fingerprint density at radius 2 is 1.82 bits per heavy atom. The lowest BCUT2D eigenvalue weighted by Crippen LogP contribution is -2.41. The molecule has 0 saturated carbocycles. The summed E-state index contributed by atoms with van der Waals surface area (Å²) < 4.78 is 16.9. The van der Waals surface area contributed by atoms with E-state index in [-0.39, 0.29) is 0 Å². The molecular weight excluding hydrogens is 285 g/mol. The van der Waals surface area contributed by atoms with E-state index in [1.165, 1.54) is 7.11 Å². The van der Waals surface area contributed by atoms with Crippen molar-refractivity contribution < 1.29 is 18.8 Å². The molecule has 7 nitrogen and oxygen atoms in total. The minimum atomic E-state index is -0.623. The predicted octanol–water partition coefficient (Wildman–Crippen LogP) is 1.04. The van der Waals surface area contributed by atoms with Gasteiger partial charge in [-0.05, 0) is 39.8 Å². The molecule has 0 aliphatic carbocycles. The predicted molar refractivity (Wildman–Crippen MR) is 80.9 cm³/mol. The van der Waals surface area contributed by atoms with E-state index in [1.54, 1.807) is 12.1 Å².